The van der Waals surface area contributed by atoms with Crippen LogP contribution in [0.5, 0.6) is 0 Å². The zero-order valence-electron chi connectivity index (χ0n) is 15.2. The summed E-state index contributed by atoms with van der Waals surface area (Å²) in [5.41, 5.74) is 3.19. The lowest BCUT2D eigenvalue weighted by Crippen LogP contribution is -2.48. The molecule has 27 heavy (non-hydrogen) atoms. The summed E-state index contributed by atoms with van der Waals surface area (Å²) in [6.45, 7) is 2.34. The number of H-pyrrole nitrogens is 1. The van der Waals surface area contributed by atoms with Crippen molar-refractivity contribution in [2.75, 3.05) is 19.7 Å². The van der Waals surface area contributed by atoms with Crippen LogP contribution in [0.4, 0.5) is 0 Å². The van der Waals surface area contributed by atoms with Gasteiger partial charge in [0.2, 0.25) is 5.91 Å². The van der Waals surface area contributed by atoms with Crippen LogP contribution in [0.15, 0.2) is 35.7 Å². The zero-order chi connectivity index (χ0) is 18.3. The Hall–Kier alpha value is -2.18. The lowest BCUT2D eigenvalue weighted by Gasteiger charge is -2.44. The molecule has 5 nitrogen and oxygen atoms in total. The Bertz CT molecular complexity index is 936. The number of nitrogens with one attached hydrogen (secondary N) is 1. The monoisotopic (exact) mass is 381 g/mol. The Morgan fingerprint density at radius 2 is 2.11 bits per heavy atom. The van der Waals surface area contributed by atoms with Crippen LogP contribution in [0.3, 0.4) is 0 Å². The van der Waals surface area contributed by atoms with E-state index in [1.807, 2.05) is 40.5 Å². The maximum absolute atomic E-state index is 12.7. The zero-order valence-corrected chi connectivity index (χ0v) is 16.1. The second-order valence-electron chi connectivity index (χ2n) is 7.43. The molecule has 1 spiro atoms. The van der Waals surface area contributed by atoms with E-state index < -0.39 is 0 Å². The molecule has 2 aromatic heterocycles. The van der Waals surface area contributed by atoms with Gasteiger partial charge in [-0.2, -0.15) is 0 Å². The number of benzene rings is 1. The van der Waals surface area contributed by atoms with Gasteiger partial charge in [0.15, 0.2) is 0 Å². The van der Waals surface area contributed by atoms with Crippen LogP contribution < -0.4 is 0 Å². The summed E-state index contributed by atoms with van der Waals surface area (Å²) >= 11 is 1.84. The number of piperidine rings is 1. The van der Waals surface area contributed by atoms with Crippen molar-refractivity contribution < 1.29 is 9.53 Å². The molecule has 4 heterocycles. The van der Waals surface area contributed by atoms with Crippen LogP contribution in [0.25, 0.3) is 11.0 Å². The first-order chi connectivity index (χ1) is 13.2. The number of thiophene rings is 1. The molecule has 5 rings (SSSR count). The summed E-state index contributed by atoms with van der Waals surface area (Å²) in [6.07, 6.45) is 3.97. The van der Waals surface area contributed by atoms with Gasteiger partial charge >= 0.3 is 0 Å². The van der Waals surface area contributed by atoms with Crippen molar-refractivity contribution in [2.24, 2.45) is 0 Å². The van der Waals surface area contributed by atoms with Crippen LogP contribution in [0.1, 0.15) is 35.5 Å². The molecule has 0 unspecified atom stereocenters. The van der Waals surface area contributed by atoms with Crippen molar-refractivity contribution in [1.82, 2.24) is 14.9 Å². The number of fused-ring (bicyclic) bond motifs is 3. The minimum Gasteiger partial charge on any atom is -0.370 e. The Balaban J connectivity index is 1.21. The summed E-state index contributed by atoms with van der Waals surface area (Å²) in [6, 6.07) is 10.2. The van der Waals surface area contributed by atoms with E-state index in [9.17, 15) is 4.79 Å². The number of imidazole rings is 1. The predicted molar refractivity (Wildman–Crippen MR) is 106 cm³/mol. The van der Waals surface area contributed by atoms with Crippen LogP contribution >= 0.6 is 11.3 Å². The average Bonchev–Trinajstić information content (AvgIpc) is 3.34. The molecule has 0 aliphatic carbocycles. The first-order valence-electron chi connectivity index (χ1n) is 9.66. The van der Waals surface area contributed by atoms with Gasteiger partial charge in [0, 0.05) is 37.2 Å². The lowest BCUT2D eigenvalue weighted by atomic mass is 9.82. The summed E-state index contributed by atoms with van der Waals surface area (Å²) < 4.78 is 6.24. The highest BCUT2D eigenvalue weighted by atomic mass is 32.1. The van der Waals surface area contributed by atoms with E-state index in [0.29, 0.717) is 12.8 Å². The number of rotatable bonds is 3. The third-order valence-electron chi connectivity index (χ3n) is 5.88. The lowest BCUT2D eigenvalue weighted by molar-refractivity contribution is -0.140. The number of aryl methyl sites for hydroxylation is 1. The highest BCUT2D eigenvalue weighted by Gasteiger charge is 2.42. The van der Waals surface area contributed by atoms with Crippen molar-refractivity contribution in [3.05, 3.63) is 52.0 Å². The Morgan fingerprint density at radius 1 is 1.26 bits per heavy atom. The summed E-state index contributed by atoms with van der Waals surface area (Å²) in [5, 5.41) is 2.17. The topological polar surface area (TPSA) is 58.2 Å². The number of para-hydroxylation sites is 2. The van der Waals surface area contributed by atoms with E-state index >= 15 is 0 Å². The molecule has 1 N–H and O–H groups in total. The van der Waals surface area contributed by atoms with Crippen LogP contribution in [-0.4, -0.2) is 40.5 Å². The normalized spacial score (nSPS) is 18.7. The molecule has 140 valence electrons. The van der Waals surface area contributed by atoms with Crippen LogP contribution in [0.2, 0.25) is 0 Å². The number of carbonyl (C=O) groups excluding carboxylic acids is 1. The summed E-state index contributed by atoms with van der Waals surface area (Å²) in [4.78, 5) is 24.0. The minimum absolute atomic E-state index is 0.164. The Labute approximate surface area is 162 Å². The van der Waals surface area contributed by atoms with Gasteiger partial charge in [0.05, 0.1) is 23.2 Å². The fourth-order valence-electron chi connectivity index (χ4n) is 4.40. The molecule has 1 fully saturated rings. The van der Waals surface area contributed by atoms with Gasteiger partial charge in [0.25, 0.3) is 0 Å². The summed E-state index contributed by atoms with van der Waals surface area (Å²) in [5.74, 6) is 1.10. The van der Waals surface area contributed by atoms with Gasteiger partial charge in [-0.25, -0.2) is 4.98 Å². The third-order valence-corrected chi connectivity index (χ3v) is 6.86. The smallest absolute Gasteiger partial charge is 0.223 e. The molecular weight excluding hydrogens is 358 g/mol. The van der Waals surface area contributed by atoms with Crippen molar-refractivity contribution >= 4 is 28.3 Å². The first-order valence-corrected chi connectivity index (χ1v) is 10.5. The molecule has 1 saturated heterocycles. The second kappa shape index (κ2) is 6.77. The molecular formula is C21H23N3O2S. The Morgan fingerprint density at radius 3 is 2.96 bits per heavy atom. The number of carbonyl (C=O) groups is 1. The fraction of sp³-hybridized carbons (Fsp3) is 0.429. The van der Waals surface area contributed by atoms with E-state index in [1.165, 1.54) is 10.4 Å². The largest absolute Gasteiger partial charge is 0.370 e. The van der Waals surface area contributed by atoms with E-state index in [0.717, 1.165) is 55.8 Å². The number of aromatic nitrogens is 2. The second-order valence-corrected chi connectivity index (χ2v) is 8.43. The number of amides is 1. The van der Waals surface area contributed by atoms with Crippen molar-refractivity contribution in [3.63, 3.8) is 0 Å². The highest BCUT2D eigenvalue weighted by Crippen LogP contribution is 2.43. The van der Waals surface area contributed by atoms with Gasteiger partial charge in [-0.05, 0) is 42.0 Å². The van der Waals surface area contributed by atoms with Crippen LogP contribution in [-0.2, 0) is 28.0 Å². The maximum atomic E-state index is 12.7. The highest BCUT2D eigenvalue weighted by molar-refractivity contribution is 7.10. The van der Waals surface area contributed by atoms with Crippen molar-refractivity contribution in [2.45, 2.75) is 37.7 Å². The maximum Gasteiger partial charge on any atom is 0.223 e. The van der Waals surface area contributed by atoms with Gasteiger partial charge in [-0.3, -0.25) is 4.79 Å². The van der Waals surface area contributed by atoms with Gasteiger partial charge in [0.1, 0.15) is 5.82 Å². The van der Waals surface area contributed by atoms with Crippen LogP contribution in [0, 0.1) is 0 Å². The SMILES string of the molecule is O=C(CCc1nc2ccccc2[nH]1)N1CCC2(CC1)OCCc1sccc12. The number of hydrogen-bond donors (Lipinski definition) is 1. The quantitative estimate of drug-likeness (QED) is 0.753. The van der Waals surface area contributed by atoms with E-state index in [-0.39, 0.29) is 11.5 Å². The van der Waals surface area contributed by atoms with Crippen molar-refractivity contribution in [1.29, 1.82) is 0 Å². The van der Waals surface area contributed by atoms with E-state index in [4.69, 9.17) is 4.74 Å². The molecule has 1 amide bonds. The molecule has 6 heteroatoms. The molecule has 0 bridgehead atoms. The number of nitrogens with zero attached hydrogens (tertiary/aromatic N) is 2. The Kier molecular flexibility index (Phi) is 4.25. The molecule has 2 aliphatic rings. The fourth-order valence-corrected chi connectivity index (χ4v) is 5.35. The predicted octanol–water partition coefficient (Wildman–Crippen LogP) is 3.65. The molecule has 0 saturated carbocycles. The van der Waals surface area contributed by atoms with E-state index in [2.05, 4.69) is 21.4 Å². The summed E-state index contributed by atoms with van der Waals surface area (Å²) in [7, 11) is 0. The average molecular weight is 382 g/mol. The third kappa shape index (κ3) is 3.07. The molecule has 0 radical (unpaired) electrons. The molecule has 2 aliphatic heterocycles. The number of likely N-dealkylation sites (tertiary alicyclic amines) is 1. The molecule has 3 aromatic rings. The number of ether oxygens (including phenoxy) is 1. The minimum atomic E-state index is -0.164. The number of hydrogen-bond acceptors (Lipinski definition) is 4. The van der Waals surface area contributed by atoms with Crippen molar-refractivity contribution in [3.8, 4) is 0 Å². The molecule has 0 atom stereocenters. The first kappa shape index (κ1) is 17.0. The molecule has 1 aromatic carbocycles. The van der Waals surface area contributed by atoms with Gasteiger partial charge in [-0.15, -0.1) is 11.3 Å². The standard InChI is InChI=1S/C21H23N3O2S/c25-20(6-5-19-22-16-3-1-2-4-17(16)23-19)24-11-9-21(10-12-24)15-8-14-27-18(15)7-13-26-21/h1-4,8,14H,5-7,9-13H2,(H,22,23). The van der Waals surface area contributed by atoms with Gasteiger partial charge < -0.3 is 14.6 Å². The number of aromatic amines is 1. The van der Waals surface area contributed by atoms with E-state index in [1.54, 1.807) is 0 Å². The van der Waals surface area contributed by atoms with Gasteiger partial charge in [-0.1, -0.05) is 12.1 Å².